The molecule has 0 spiro atoms. The summed E-state index contributed by atoms with van der Waals surface area (Å²) in [6.45, 7) is 1.45. The topological polar surface area (TPSA) is 67.2 Å². The molecule has 3 rings (SSSR count). The lowest BCUT2D eigenvalue weighted by atomic mass is 10.2. The van der Waals surface area contributed by atoms with Crippen molar-refractivity contribution in [1.29, 1.82) is 0 Å². The average Bonchev–Trinajstić information content (AvgIpc) is 3.18. The van der Waals surface area contributed by atoms with Gasteiger partial charge in [0.15, 0.2) is 0 Å². The van der Waals surface area contributed by atoms with Crippen molar-refractivity contribution in [3.05, 3.63) is 50.5 Å². The summed E-state index contributed by atoms with van der Waals surface area (Å²) in [5.41, 5.74) is 0.592. The third-order valence-corrected chi connectivity index (χ3v) is 6.44. The Kier molecular flexibility index (Phi) is 7.89. The fourth-order valence-electron chi connectivity index (χ4n) is 3.60. The fourth-order valence-corrected chi connectivity index (χ4v) is 4.64. The van der Waals surface area contributed by atoms with Crippen molar-refractivity contribution in [2.45, 2.75) is 43.4 Å². The van der Waals surface area contributed by atoms with Crippen LogP contribution in [0.1, 0.15) is 29.7 Å². The second-order valence-corrected chi connectivity index (χ2v) is 9.19. The number of anilines is 1. The number of thioether (sulfide) groups is 1. The van der Waals surface area contributed by atoms with Gasteiger partial charge < -0.3 is 10.2 Å². The number of halogens is 4. The quantitative estimate of drug-likeness (QED) is 0.448. The summed E-state index contributed by atoms with van der Waals surface area (Å²) >= 11 is 7.05. The molecule has 1 aliphatic carbocycles. The Bertz CT molecular complexity index is 1060. The van der Waals surface area contributed by atoms with Crippen LogP contribution < -0.4 is 11.0 Å². The third kappa shape index (κ3) is 6.05. The first-order valence-electron chi connectivity index (χ1n) is 10.1. The van der Waals surface area contributed by atoms with Crippen LogP contribution in [0.3, 0.4) is 0 Å². The Morgan fingerprint density at radius 3 is 2.75 bits per heavy atom. The molecule has 0 aliphatic heterocycles. The zero-order chi connectivity index (χ0) is 23.5. The SMILES string of the molecule is CN(C)CCCn1c2c(c(SCC(=O)Nc3cc(C(F)(F)F)ccc3Cl)nc1=O)CCC2. The van der Waals surface area contributed by atoms with Gasteiger partial charge in [0.2, 0.25) is 5.91 Å². The van der Waals surface area contributed by atoms with Crippen molar-refractivity contribution >= 4 is 35.0 Å². The van der Waals surface area contributed by atoms with E-state index in [0.29, 0.717) is 11.6 Å². The van der Waals surface area contributed by atoms with Gasteiger partial charge in [0.25, 0.3) is 0 Å². The summed E-state index contributed by atoms with van der Waals surface area (Å²) < 4.78 is 40.5. The molecule has 1 aromatic carbocycles. The number of fused-ring (bicyclic) bond motifs is 1. The molecular formula is C21H24ClF3N4O2S. The van der Waals surface area contributed by atoms with Gasteiger partial charge in [-0.1, -0.05) is 23.4 Å². The van der Waals surface area contributed by atoms with Crippen LogP contribution in [0, 0.1) is 0 Å². The second-order valence-electron chi connectivity index (χ2n) is 7.82. The summed E-state index contributed by atoms with van der Waals surface area (Å²) in [6.07, 6.45) is -1.24. The highest BCUT2D eigenvalue weighted by atomic mass is 35.5. The minimum Gasteiger partial charge on any atom is -0.324 e. The number of hydrogen-bond donors (Lipinski definition) is 1. The summed E-state index contributed by atoms with van der Waals surface area (Å²) in [5, 5.41) is 2.94. The van der Waals surface area contributed by atoms with Crippen molar-refractivity contribution in [2.24, 2.45) is 0 Å². The lowest BCUT2D eigenvalue weighted by Crippen LogP contribution is -2.29. The van der Waals surface area contributed by atoms with Gasteiger partial charge in [0, 0.05) is 17.8 Å². The minimum atomic E-state index is -4.54. The molecule has 0 unspecified atom stereocenters. The lowest BCUT2D eigenvalue weighted by molar-refractivity contribution is -0.137. The van der Waals surface area contributed by atoms with Crippen LogP contribution in [0.25, 0.3) is 0 Å². The lowest BCUT2D eigenvalue weighted by Gasteiger charge is -2.15. The van der Waals surface area contributed by atoms with E-state index in [1.807, 2.05) is 14.1 Å². The predicted octanol–water partition coefficient (Wildman–Crippen LogP) is 4.09. The molecule has 2 aromatic rings. The first kappa shape index (κ1) is 24.6. The molecule has 1 amide bonds. The van der Waals surface area contributed by atoms with Gasteiger partial charge in [-0.15, -0.1) is 0 Å². The molecule has 0 atom stereocenters. The van der Waals surface area contributed by atoms with Crippen LogP contribution in [-0.2, 0) is 30.4 Å². The number of benzene rings is 1. The number of nitrogens with zero attached hydrogens (tertiary/aromatic N) is 3. The van der Waals surface area contributed by atoms with E-state index < -0.39 is 17.6 Å². The van der Waals surface area contributed by atoms with E-state index in [2.05, 4.69) is 15.2 Å². The van der Waals surface area contributed by atoms with E-state index in [-0.39, 0.29) is 22.2 Å². The van der Waals surface area contributed by atoms with E-state index in [4.69, 9.17) is 11.6 Å². The molecule has 1 N–H and O–H groups in total. The highest BCUT2D eigenvalue weighted by Gasteiger charge is 2.31. The van der Waals surface area contributed by atoms with Gasteiger partial charge in [-0.3, -0.25) is 9.36 Å². The van der Waals surface area contributed by atoms with Gasteiger partial charge in [-0.2, -0.15) is 18.2 Å². The van der Waals surface area contributed by atoms with Crippen molar-refractivity contribution in [1.82, 2.24) is 14.5 Å². The Hall–Kier alpha value is -2.04. The largest absolute Gasteiger partial charge is 0.416 e. The zero-order valence-electron chi connectivity index (χ0n) is 17.8. The second kappa shape index (κ2) is 10.3. The number of carbonyl (C=O) groups excluding carboxylic acids is 1. The normalized spacial score (nSPS) is 13.5. The standard InChI is InChI=1S/C21H24ClF3N4O2S/c1-28(2)9-4-10-29-17-6-3-5-14(17)19(27-20(29)31)32-12-18(30)26-16-11-13(21(23,24)25)7-8-15(16)22/h7-8,11H,3-6,9-10,12H2,1-2H3,(H,26,30). The van der Waals surface area contributed by atoms with E-state index in [0.717, 1.165) is 73.4 Å². The maximum absolute atomic E-state index is 12.9. The highest BCUT2D eigenvalue weighted by molar-refractivity contribution is 8.00. The van der Waals surface area contributed by atoms with Gasteiger partial charge >= 0.3 is 11.9 Å². The molecule has 11 heteroatoms. The summed E-state index contributed by atoms with van der Waals surface area (Å²) in [4.78, 5) is 31.2. The van der Waals surface area contributed by atoms with Crippen LogP contribution in [0.15, 0.2) is 28.0 Å². The molecule has 1 aromatic heterocycles. The molecule has 0 radical (unpaired) electrons. The van der Waals surface area contributed by atoms with Crippen LogP contribution >= 0.6 is 23.4 Å². The molecule has 6 nitrogen and oxygen atoms in total. The number of alkyl halides is 3. The first-order valence-corrected chi connectivity index (χ1v) is 11.5. The molecule has 1 heterocycles. The fraction of sp³-hybridized carbons (Fsp3) is 0.476. The van der Waals surface area contributed by atoms with Crippen LogP contribution in [0.4, 0.5) is 18.9 Å². The Morgan fingerprint density at radius 2 is 2.06 bits per heavy atom. The number of aromatic nitrogens is 2. The van der Waals surface area contributed by atoms with Crippen molar-refractivity contribution in [2.75, 3.05) is 31.7 Å². The predicted molar refractivity (Wildman–Crippen MR) is 120 cm³/mol. The molecular weight excluding hydrogens is 465 g/mol. The Balaban J connectivity index is 1.70. The van der Waals surface area contributed by atoms with Crippen LogP contribution in [0.2, 0.25) is 5.02 Å². The van der Waals surface area contributed by atoms with Crippen LogP contribution in [-0.4, -0.2) is 46.8 Å². The average molecular weight is 489 g/mol. The van der Waals surface area contributed by atoms with Gasteiger partial charge in [0.1, 0.15) is 5.03 Å². The van der Waals surface area contributed by atoms with E-state index in [9.17, 15) is 22.8 Å². The van der Waals surface area contributed by atoms with Crippen LogP contribution in [0.5, 0.6) is 0 Å². The molecule has 0 bridgehead atoms. The third-order valence-electron chi connectivity index (χ3n) is 5.10. The first-order chi connectivity index (χ1) is 15.1. The number of rotatable bonds is 8. The molecule has 0 fully saturated rings. The van der Waals surface area contributed by atoms with Gasteiger partial charge in [-0.05, 0) is 64.5 Å². The van der Waals surface area contributed by atoms with E-state index >= 15 is 0 Å². The molecule has 0 saturated heterocycles. The Labute approximate surface area is 193 Å². The zero-order valence-corrected chi connectivity index (χ0v) is 19.3. The van der Waals surface area contributed by atoms with Crippen molar-refractivity contribution in [3.63, 3.8) is 0 Å². The monoisotopic (exact) mass is 488 g/mol. The number of amides is 1. The molecule has 174 valence electrons. The summed E-state index contributed by atoms with van der Waals surface area (Å²) in [7, 11) is 3.95. The summed E-state index contributed by atoms with van der Waals surface area (Å²) in [6, 6.07) is 2.75. The maximum Gasteiger partial charge on any atom is 0.416 e. The number of nitrogens with one attached hydrogen (secondary N) is 1. The van der Waals surface area contributed by atoms with Crippen molar-refractivity contribution in [3.8, 4) is 0 Å². The van der Waals surface area contributed by atoms with Gasteiger partial charge in [0.05, 0.1) is 22.0 Å². The maximum atomic E-state index is 12.9. The minimum absolute atomic E-state index is 0.00990. The van der Waals surface area contributed by atoms with E-state index in [1.54, 1.807) is 4.57 Å². The number of hydrogen-bond acceptors (Lipinski definition) is 5. The smallest absolute Gasteiger partial charge is 0.324 e. The summed E-state index contributed by atoms with van der Waals surface area (Å²) in [5.74, 6) is -0.629. The molecule has 1 aliphatic rings. The highest BCUT2D eigenvalue weighted by Crippen LogP contribution is 2.34. The molecule has 32 heavy (non-hydrogen) atoms. The molecule has 0 saturated carbocycles. The van der Waals surface area contributed by atoms with E-state index in [1.165, 1.54) is 0 Å². The van der Waals surface area contributed by atoms with Gasteiger partial charge in [-0.25, -0.2) is 4.79 Å². The number of carbonyl (C=O) groups is 1. The Morgan fingerprint density at radius 1 is 1.31 bits per heavy atom. The van der Waals surface area contributed by atoms with Crippen molar-refractivity contribution < 1.29 is 18.0 Å².